The van der Waals surface area contributed by atoms with Crippen molar-refractivity contribution in [2.24, 2.45) is 16.7 Å². The number of pyridine rings is 2. The number of hydrogen-bond donors (Lipinski definition) is 0. The Bertz CT molecular complexity index is 1390. The topological polar surface area (TPSA) is 88.5 Å². The van der Waals surface area contributed by atoms with Crippen molar-refractivity contribution in [2.75, 3.05) is 33.3 Å². The largest absolute Gasteiger partial charge is 0.433 e. The Labute approximate surface area is 240 Å². The zero-order chi connectivity index (χ0) is 29.4. The molecule has 0 bridgehead atoms. The lowest BCUT2D eigenvalue weighted by Crippen LogP contribution is -2.60. The van der Waals surface area contributed by atoms with Gasteiger partial charge < -0.3 is 14.5 Å². The van der Waals surface area contributed by atoms with Crippen LogP contribution in [0.5, 0.6) is 0 Å². The summed E-state index contributed by atoms with van der Waals surface area (Å²) >= 11 is 1.39. The van der Waals surface area contributed by atoms with Crippen LogP contribution in [-0.2, 0) is 22.3 Å². The van der Waals surface area contributed by atoms with Crippen LogP contribution >= 0.6 is 11.3 Å². The van der Waals surface area contributed by atoms with E-state index in [9.17, 15) is 22.8 Å². The highest BCUT2D eigenvalue weighted by Gasteiger charge is 2.57. The van der Waals surface area contributed by atoms with Gasteiger partial charge >= 0.3 is 6.18 Å². The van der Waals surface area contributed by atoms with Gasteiger partial charge in [-0.1, -0.05) is 19.9 Å². The fraction of sp³-hybridized carbons (Fsp3) is 0.483. The normalized spacial score (nSPS) is 20.3. The molecule has 0 aromatic carbocycles. The summed E-state index contributed by atoms with van der Waals surface area (Å²) in [5.74, 6) is 0.636. The number of methoxy groups -OCH3 is 1. The Morgan fingerprint density at radius 3 is 2.41 bits per heavy atom. The van der Waals surface area contributed by atoms with Gasteiger partial charge in [-0.05, 0) is 42.5 Å². The molecule has 3 aromatic heterocycles. The fourth-order valence-corrected chi connectivity index (χ4v) is 6.04. The summed E-state index contributed by atoms with van der Waals surface area (Å²) in [5, 5.41) is 0. The van der Waals surface area contributed by atoms with Crippen LogP contribution in [0.1, 0.15) is 47.7 Å². The van der Waals surface area contributed by atoms with Gasteiger partial charge in [-0.3, -0.25) is 24.5 Å². The molecule has 1 saturated carbocycles. The number of amides is 2. The Hall–Kier alpha value is -3.38. The van der Waals surface area contributed by atoms with E-state index in [2.05, 4.69) is 28.8 Å². The number of alkyl halides is 3. The SMILES string of the molecule is CC1(C)C[C@@H]1C(=O)N1CC2(CCN(C(=O)c3cncs3)C2)C1.COCc1cccc(-c2ccc(C(F)(F)F)nc2)n1. The minimum atomic E-state index is -4.43. The second-order valence-electron chi connectivity index (χ2n) is 11.7. The van der Waals surface area contributed by atoms with E-state index in [1.807, 2.05) is 9.80 Å². The summed E-state index contributed by atoms with van der Waals surface area (Å²) in [4.78, 5) is 41.1. The van der Waals surface area contributed by atoms with Gasteiger partial charge in [-0.15, -0.1) is 11.3 Å². The molecule has 0 radical (unpaired) electrons. The molecule has 218 valence electrons. The smallest absolute Gasteiger partial charge is 0.378 e. The Morgan fingerprint density at radius 2 is 1.83 bits per heavy atom. The van der Waals surface area contributed by atoms with Crippen molar-refractivity contribution in [3.8, 4) is 11.3 Å². The van der Waals surface area contributed by atoms with Crippen LogP contribution in [0, 0.1) is 16.7 Å². The first kappa shape index (κ1) is 29.1. The number of carbonyl (C=O) groups excluding carboxylic acids is 2. The van der Waals surface area contributed by atoms with E-state index in [1.165, 1.54) is 23.6 Å². The number of halogens is 3. The predicted molar refractivity (Wildman–Crippen MR) is 147 cm³/mol. The quantitative estimate of drug-likeness (QED) is 0.409. The van der Waals surface area contributed by atoms with Crippen molar-refractivity contribution in [3.05, 3.63) is 64.5 Å². The number of nitrogens with zero attached hydrogens (tertiary/aromatic N) is 5. The van der Waals surface area contributed by atoms with Gasteiger partial charge in [-0.25, -0.2) is 0 Å². The number of hydrogen-bond acceptors (Lipinski definition) is 7. The van der Waals surface area contributed by atoms with Gasteiger partial charge in [0.2, 0.25) is 5.91 Å². The van der Waals surface area contributed by atoms with Gasteiger partial charge in [0.15, 0.2) is 0 Å². The molecule has 3 aromatic rings. The molecule has 2 saturated heterocycles. The Morgan fingerprint density at radius 1 is 1.10 bits per heavy atom. The lowest BCUT2D eigenvalue weighted by molar-refractivity contribution is -0.144. The number of ether oxygens (including phenoxy) is 1. The number of likely N-dealkylation sites (tertiary alicyclic amines) is 2. The van der Waals surface area contributed by atoms with Crippen LogP contribution in [0.3, 0.4) is 0 Å². The van der Waals surface area contributed by atoms with Crippen molar-refractivity contribution in [1.29, 1.82) is 0 Å². The highest BCUT2D eigenvalue weighted by molar-refractivity contribution is 7.11. The van der Waals surface area contributed by atoms with Gasteiger partial charge in [0.05, 0.1) is 29.7 Å². The summed E-state index contributed by atoms with van der Waals surface area (Å²) in [6, 6.07) is 7.57. The zero-order valence-corrected chi connectivity index (χ0v) is 24.0. The summed E-state index contributed by atoms with van der Waals surface area (Å²) in [5.41, 5.74) is 2.93. The molecule has 0 unspecified atom stereocenters. The molecule has 2 amide bonds. The molecule has 2 aliphatic heterocycles. The third-order valence-corrected chi connectivity index (χ3v) is 8.75. The molecular weight excluding hydrogens is 555 g/mol. The maximum atomic E-state index is 12.4. The second kappa shape index (κ2) is 11.1. The molecule has 3 fully saturated rings. The van der Waals surface area contributed by atoms with Crippen molar-refractivity contribution >= 4 is 23.2 Å². The van der Waals surface area contributed by atoms with Gasteiger partial charge in [0.25, 0.3) is 5.91 Å². The second-order valence-corrected chi connectivity index (χ2v) is 12.5. The Balaban J connectivity index is 0.000000167. The summed E-state index contributed by atoms with van der Waals surface area (Å²) < 4.78 is 42.1. The number of thiazole rings is 1. The van der Waals surface area contributed by atoms with Crippen molar-refractivity contribution in [2.45, 2.75) is 39.5 Å². The average Bonchev–Trinajstić information content (AvgIpc) is 3.32. The van der Waals surface area contributed by atoms with Crippen LogP contribution in [0.25, 0.3) is 11.3 Å². The molecule has 5 heterocycles. The van der Waals surface area contributed by atoms with E-state index in [0.717, 1.165) is 45.1 Å². The van der Waals surface area contributed by atoms with Crippen LogP contribution in [0.15, 0.2) is 48.2 Å². The lowest BCUT2D eigenvalue weighted by Gasteiger charge is -2.48. The first-order chi connectivity index (χ1) is 19.4. The fourth-order valence-electron chi connectivity index (χ4n) is 5.45. The minimum Gasteiger partial charge on any atom is -0.378 e. The minimum absolute atomic E-state index is 0.0903. The molecule has 6 rings (SSSR count). The van der Waals surface area contributed by atoms with Gasteiger partial charge in [-0.2, -0.15) is 13.2 Å². The van der Waals surface area contributed by atoms with Crippen LogP contribution in [0.4, 0.5) is 13.2 Å². The number of carbonyl (C=O) groups is 2. The third-order valence-electron chi connectivity index (χ3n) is 7.99. The molecule has 1 atom stereocenters. The van der Waals surface area contributed by atoms with E-state index in [4.69, 9.17) is 4.74 Å². The summed E-state index contributed by atoms with van der Waals surface area (Å²) in [6.07, 6.45) is 0.413. The molecular formula is C29H32F3N5O3S. The number of aromatic nitrogens is 3. The molecule has 3 aliphatic rings. The molecule has 0 N–H and O–H groups in total. The standard InChI is InChI=1S/C16H21N3O2S.C13H11F3N2O/c1-15(2)5-11(15)13(20)19-8-16(9-19)3-4-18(7-16)14(21)12-6-17-10-22-12;1-19-8-10-3-2-4-11(18-10)9-5-6-12(17-7-9)13(14,15)16/h6,10-11H,3-5,7-9H2,1-2H3;2-7H,8H2,1H3/t11-;/m1./s1. The van der Waals surface area contributed by atoms with Crippen molar-refractivity contribution in [1.82, 2.24) is 24.8 Å². The maximum absolute atomic E-state index is 12.4. The van der Waals surface area contributed by atoms with E-state index >= 15 is 0 Å². The number of rotatable bonds is 5. The molecule has 41 heavy (non-hydrogen) atoms. The lowest BCUT2D eigenvalue weighted by atomic mass is 9.78. The summed E-state index contributed by atoms with van der Waals surface area (Å²) in [7, 11) is 1.55. The highest BCUT2D eigenvalue weighted by atomic mass is 32.1. The predicted octanol–water partition coefficient (Wildman–Crippen LogP) is 5.17. The van der Waals surface area contributed by atoms with Crippen LogP contribution in [0.2, 0.25) is 0 Å². The van der Waals surface area contributed by atoms with Gasteiger partial charge in [0.1, 0.15) is 10.6 Å². The molecule has 1 aliphatic carbocycles. The van der Waals surface area contributed by atoms with Gasteiger partial charge in [0, 0.05) is 56.4 Å². The first-order valence-corrected chi connectivity index (χ1v) is 14.2. The van der Waals surface area contributed by atoms with E-state index in [-0.39, 0.29) is 22.7 Å². The van der Waals surface area contributed by atoms with Crippen LogP contribution in [-0.4, -0.2) is 69.9 Å². The molecule has 12 heteroatoms. The van der Waals surface area contributed by atoms with E-state index in [0.29, 0.717) is 34.3 Å². The van der Waals surface area contributed by atoms with E-state index in [1.54, 1.807) is 37.0 Å². The Kier molecular flexibility index (Phi) is 7.90. The maximum Gasteiger partial charge on any atom is 0.433 e. The van der Waals surface area contributed by atoms with E-state index < -0.39 is 11.9 Å². The van der Waals surface area contributed by atoms with Crippen molar-refractivity contribution in [3.63, 3.8) is 0 Å². The molecule has 8 nitrogen and oxygen atoms in total. The molecule has 1 spiro atoms. The zero-order valence-electron chi connectivity index (χ0n) is 23.1. The monoisotopic (exact) mass is 587 g/mol. The third kappa shape index (κ3) is 6.43. The first-order valence-electron chi connectivity index (χ1n) is 13.4. The highest BCUT2D eigenvalue weighted by Crippen LogP contribution is 2.54. The average molecular weight is 588 g/mol. The van der Waals surface area contributed by atoms with Crippen LogP contribution < -0.4 is 0 Å². The van der Waals surface area contributed by atoms with Crippen molar-refractivity contribution < 1.29 is 27.5 Å². The summed E-state index contributed by atoms with van der Waals surface area (Å²) in [6.45, 7) is 7.90.